The molecule has 132 valence electrons. The van der Waals surface area contributed by atoms with Crippen LogP contribution in [0.4, 0.5) is 22.4 Å². The Hall–Kier alpha value is -2.36. The minimum absolute atomic E-state index is 0.120. The Morgan fingerprint density at radius 2 is 2.08 bits per heavy atom. The SMILES string of the molecule is CCOC(=O)C1C(c2cccc(F)c2)NC(=O)NC1(O)C(F)(F)F. The molecule has 10 heteroatoms. The van der Waals surface area contributed by atoms with E-state index < -0.39 is 41.7 Å². The third-order valence-electron chi connectivity index (χ3n) is 3.55. The smallest absolute Gasteiger partial charge is 0.437 e. The first-order valence-electron chi connectivity index (χ1n) is 6.90. The molecular formula is C14H14F4N2O4. The maximum absolute atomic E-state index is 13.4. The predicted molar refractivity (Wildman–Crippen MR) is 71.9 cm³/mol. The molecule has 0 aromatic heterocycles. The van der Waals surface area contributed by atoms with E-state index in [9.17, 15) is 32.3 Å². The minimum Gasteiger partial charge on any atom is -0.466 e. The van der Waals surface area contributed by atoms with Gasteiger partial charge in [0.2, 0.25) is 0 Å². The molecule has 6 nitrogen and oxygen atoms in total. The quantitative estimate of drug-likeness (QED) is 0.571. The van der Waals surface area contributed by atoms with Gasteiger partial charge in [-0.3, -0.25) is 4.79 Å². The second-order valence-corrected chi connectivity index (χ2v) is 5.12. The minimum atomic E-state index is -5.37. The lowest BCUT2D eigenvalue weighted by atomic mass is 9.82. The summed E-state index contributed by atoms with van der Waals surface area (Å²) in [5.41, 5.74) is -3.98. The summed E-state index contributed by atoms with van der Waals surface area (Å²) < 4.78 is 58.0. The Morgan fingerprint density at radius 3 is 2.62 bits per heavy atom. The van der Waals surface area contributed by atoms with Crippen molar-refractivity contribution < 1.29 is 37.0 Å². The first-order valence-corrected chi connectivity index (χ1v) is 6.90. The third-order valence-corrected chi connectivity index (χ3v) is 3.55. The Labute approximate surface area is 133 Å². The molecule has 0 aliphatic carbocycles. The van der Waals surface area contributed by atoms with Crippen LogP contribution in [0, 0.1) is 11.7 Å². The number of carbonyl (C=O) groups is 2. The van der Waals surface area contributed by atoms with Gasteiger partial charge in [-0.05, 0) is 24.6 Å². The summed E-state index contributed by atoms with van der Waals surface area (Å²) in [7, 11) is 0. The first kappa shape index (κ1) is 18.0. The van der Waals surface area contributed by atoms with Gasteiger partial charge in [-0.25, -0.2) is 9.18 Å². The molecule has 2 rings (SSSR count). The van der Waals surface area contributed by atoms with Crippen molar-refractivity contribution in [3.8, 4) is 0 Å². The van der Waals surface area contributed by atoms with Crippen LogP contribution in [-0.4, -0.2) is 35.6 Å². The van der Waals surface area contributed by atoms with E-state index >= 15 is 0 Å². The fourth-order valence-corrected chi connectivity index (χ4v) is 2.51. The van der Waals surface area contributed by atoms with Crippen molar-refractivity contribution in [2.75, 3.05) is 6.61 Å². The standard InChI is InChI=1S/C14H14F4N2O4/c1-2-24-11(21)9-10(7-4-3-5-8(15)6-7)19-12(22)20-13(9,23)14(16,17)18/h3-6,9-10,23H,2H2,1H3,(H2,19,20,22). The van der Waals surface area contributed by atoms with Gasteiger partial charge in [0.15, 0.2) is 0 Å². The highest BCUT2D eigenvalue weighted by molar-refractivity contribution is 5.83. The number of aliphatic hydroxyl groups is 1. The number of esters is 1. The molecule has 1 fully saturated rings. The molecule has 24 heavy (non-hydrogen) atoms. The van der Waals surface area contributed by atoms with Crippen molar-refractivity contribution >= 4 is 12.0 Å². The molecule has 3 atom stereocenters. The Morgan fingerprint density at radius 1 is 1.42 bits per heavy atom. The highest BCUT2D eigenvalue weighted by atomic mass is 19.4. The van der Waals surface area contributed by atoms with Gasteiger partial charge in [-0.2, -0.15) is 13.2 Å². The summed E-state index contributed by atoms with van der Waals surface area (Å²) in [5.74, 6) is -4.44. The molecule has 1 aromatic carbocycles. The van der Waals surface area contributed by atoms with Gasteiger partial charge >= 0.3 is 18.2 Å². The van der Waals surface area contributed by atoms with E-state index in [1.165, 1.54) is 24.4 Å². The number of halogens is 4. The van der Waals surface area contributed by atoms with Crippen molar-refractivity contribution in [2.24, 2.45) is 5.92 Å². The number of carbonyl (C=O) groups excluding carboxylic acids is 2. The summed E-state index contributed by atoms with van der Waals surface area (Å²) in [6.45, 7) is 1.13. The largest absolute Gasteiger partial charge is 0.466 e. The van der Waals surface area contributed by atoms with Gasteiger partial charge in [0.05, 0.1) is 12.6 Å². The van der Waals surface area contributed by atoms with Crippen LogP contribution in [0.5, 0.6) is 0 Å². The number of urea groups is 1. The van der Waals surface area contributed by atoms with Crippen LogP contribution in [0.3, 0.4) is 0 Å². The van der Waals surface area contributed by atoms with Crippen molar-refractivity contribution in [3.05, 3.63) is 35.6 Å². The molecule has 3 unspecified atom stereocenters. The van der Waals surface area contributed by atoms with Gasteiger partial charge in [-0.1, -0.05) is 12.1 Å². The number of amides is 2. The number of benzene rings is 1. The third kappa shape index (κ3) is 3.14. The Bertz CT molecular complexity index is 652. The summed E-state index contributed by atoms with van der Waals surface area (Å²) in [5, 5.41) is 13.5. The van der Waals surface area contributed by atoms with Crippen LogP contribution >= 0.6 is 0 Å². The molecule has 0 spiro atoms. The lowest BCUT2D eigenvalue weighted by molar-refractivity contribution is -0.294. The number of nitrogens with one attached hydrogen (secondary N) is 2. The molecule has 1 saturated heterocycles. The Balaban J connectivity index is 2.57. The van der Waals surface area contributed by atoms with Crippen LogP contribution in [0.25, 0.3) is 0 Å². The highest BCUT2D eigenvalue weighted by Gasteiger charge is 2.67. The molecule has 1 aliphatic rings. The van der Waals surface area contributed by atoms with E-state index in [1.54, 1.807) is 0 Å². The molecule has 0 bridgehead atoms. The number of hydrogen-bond acceptors (Lipinski definition) is 4. The predicted octanol–water partition coefficient (Wildman–Crippen LogP) is 1.61. The lowest BCUT2D eigenvalue weighted by Gasteiger charge is -2.44. The van der Waals surface area contributed by atoms with Crippen LogP contribution in [0.15, 0.2) is 24.3 Å². The summed E-state index contributed by atoms with van der Waals surface area (Å²) in [6, 6.07) is 1.33. The van der Waals surface area contributed by atoms with Gasteiger partial charge in [0.25, 0.3) is 5.72 Å². The van der Waals surface area contributed by atoms with Crippen LogP contribution in [-0.2, 0) is 9.53 Å². The van der Waals surface area contributed by atoms with Crippen LogP contribution < -0.4 is 10.6 Å². The molecule has 1 heterocycles. The van der Waals surface area contributed by atoms with E-state index in [4.69, 9.17) is 0 Å². The number of alkyl halides is 3. The molecule has 2 amide bonds. The van der Waals surface area contributed by atoms with E-state index in [-0.39, 0.29) is 12.2 Å². The molecule has 3 N–H and O–H groups in total. The molecule has 1 aromatic rings. The zero-order chi connectivity index (χ0) is 18.1. The molecule has 0 saturated carbocycles. The van der Waals surface area contributed by atoms with Crippen molar-refractivity contribution in [1.29, 1.82) is 0 Å². The van der Waals surface area contributed by atoms with Crippen LogP contribution in [0.2, 0.25) is 0 Å². The van der Waals surface area contributed by atoms with Crippen molar-refractivity contribution in [2.45, 2.75) is 24.9 Å². The molecule has 0 radical (unpaired) electrons. The summed E-state index contributed by atoms with van der Waals surface area (Å²) in [4.78, 5) is 23.7. The maximum Gasteiger partial charge on any atom is 0.437 e. The number of ether oxygens (including phenoxy) is 1. The van der Waals surface area contributed by atoms with Gasteiger partial charge in [0, 0.05) is 0 Å². The highest BCUT2D eigenvalue weighted by Crippen LogP contribution is 2.43. The second kappa shape index (κ2) is 6.27. The fraction of sp³-hybridized carbons (Fsp3) is 0.429. The van der Waals surface area contributed by atoms with E-state index in [2.05, 4.69) is 10.1 Å². The maximum atomic E-state index is 13.4. The summed E-state index contributed by atoms with van der Waals surface area (Å²) >= 11 is 0. The van der Waals surface area contributed by atoms with Crippen molar-refractivity contribution in [1.82, 2.24) is 10.6 Å². The molecule has 1 aliphatic heterocycles. The summed E-state index contributed by atoms with van der Waals surface area (Å²) in [6.07, 6.45) is -5.37. The zero-order valence-electron chi connectivity index (χ0n) is 12.4. The van der Waals surface area contributed by atoms with Crippen LogP contribution in [0.1, 0.15) is 18.5 Å². The monoisotopic (exact) mass is 350 g/mol. The van der Waals surface area contributed by atoms with Gasteiger partial charge < -0.3 is 20.5 Å². The van der Waals surface area contributed by atoms with Crippen molar-refractivity contribution in [3.63, 3.8) is 0 Å². The average molecular weight is 350 g/mol. The van der Waals surface area contributed by atoms with Gasteiger partial charge in [-0.15, -0.1) is 0 Å². The topological polar surface area (TPSA) is 87.7 Å². The molecular weight excluding hydrogens is 336 g/mol. The fourth-order valence-electron chi connectivity index (χ4n) is 2.51. The normalized spacial score (nSPS) is 27.2. The zero-order valence-corrected chi connectivity index (χ0v) is 12.4. The Kier molecular flexibility index (Phi) is 4.70. The van der Waals surface area contributed by atoms with E-state index in [0.717, 1.165) is 12.1 Å². The van der Waals surface area contributed by atoms with E-state index in [1.807, 2.05) is 0 Å². The first-order chi connectivity index (χ1) is 11.1. The van der Waals surface area contributed by atoms with E-state index in [0.29, 0.717) is 0 Å². The second-order valence-electron chi connectivity index (χ2n) is 5.12. The number of rotatable bonds is 3. The average Bonchev–Trinajstić information content (AvgIpc) is 2.45. The number of hydrogen-bond donors (Lipinski definition) is 3. The lowest BCUT2D eigenvalue weighted by Crippen LogP contribution is -2.73. The van der Waals surface area contributed by atoms with Gasteiger partial charge in [0.1, 0.15) is 11.7 Å².